The minimum Gasteiger partial charge on any atom is -0.476 e. The quantitative estimate of drug-likeness (QED) is 0.766. The zero-order chi connectivity index (χ0) is 12.3. The molecule has 0 spiro atoms. The molecule has 16 heavy (non-hydrogen) atoms. The van der Waals surface area contributed by atoms with Gasteiger partial charge in [0.1, 0.15) is 12.3 Å². The number of carboxylic acids is 1. The van der Waals surface area contributed by atoms with Crippen molar-refractivity contribution in [2.45, 2.75) is 13.0 Å². The van der Waals surface area contributed by atoms with Crippen molar-refractivity contribution in [3.8, 4) is 0 Å². The Labute approximate surface area is 92.1 Å². The summed E-state index contributed by atoms with van der Waals surface area (Å²) in [6.45, 7) is 1.63. The average Bonchev–Trinajstić information content (AvgIpc) is 2.64. The first kappa shape index (κ1) is 12.0. The van der Waals surface area contributed by atoms with Crippen LogP contribution in [0, 0.1) is 0 Å². The fourth-order valence-corrected chi connectivity index (χ4v) is 1.07. The third-order valence-corrected chi connectivity index (χ3v) is 1.87. The van der Waals surface area contributed by atoms with Crippen molar-refractivity contribution in [1.29, 1.82) is 0 Å². The Morgan fingerprint density at radius 1 is 1.56 bits per heavy atom. The first-order valence-corrected chi connectivity index (χ1v) is 4.58. The highest BCUT2D eigenvalue weighted by Crippen LogP contribution is 2.09. The van der Waals surface area contributed by atoms with Gasteiger partial charge in [0.05, 0.1) is 0 Å². The monoisotopic (exact) mass is 227 g/mol. The van der Waals surface area contributed by atoms with Crippen LogP contribution < -0.4 is 5.32 Å². The molecule has 1 aromatic heterocycles. The van der Waals surface area contributed by atoms with E-state index in [1.54, 1.807) is 21.0 Å². The lowest BCUT2D eigenvalue weighted by atomic mass is 10.3. The van der Waals surface area contributed by atoms with Gasteiger partial charge in [0.25, 0.3) is 6.01 Å². The molecule has 1 unspecified atom stereocenters. The molecule has 1 heterocycles. The average molecular weight is 227 g/mol. The molecule has 7 nitrogen and oxygen atoms in total. The first-order valence-electron chi connectivity index (χ1n) is 4.58. The maximum atomic E-state index is 11.5. The second kappa shape index (κ2) is 4.65. The second-order valence-electron chi connectivity index (χ2n) is 3.44. The number of nitrogens with zero attached hydrogens (tertiary/aromatic N) is 2. The van der Waals surface area contributed by atoms with Crippen LogP contribution in [-0.4, -0.2) is 47.0 Å². The number of hydrogen-bond donors (Lipinski definition) is 2. The molecule has 0 aromatic carbocycles. The smallest absolute Gasteiger partial charge is 0.357 e. The molecule has 88 valence electrons. The van der Waals surface area contributed by atoms with Crippen LogP contribution in [0.5, 0.6) is 0 Å². The molecule has 1 aromatic rings. The number of nitrogens with one attached hydrogen (secondary N) is 1. The summed E-state index contributed by atoms with van der Waals surface area (Å²) in [4.78, 5) is 27.0. The third-order valence-electron chi connectivity index (χ3n) is 1.87. The number of carboxylic acid groups (broad SMARTS) is 1. The molecule has 0 bridgehead atoms. The van der Waals surface area contributed by atoms with E-state index in [2.05, 4.69) is 10.3 Å². The van der Waals surface area contributed by atoms with Crippen LogP contribution >= 0.6 is 0 Å². The molecule has 0 saturated heterocycles. The van der Waals surface area contributed by atoms with E-state index in [9.17, 15) is 9.59 Å². The second-order valence-corrected chi connectivity index (χ2v) is 3.44. The maximum absolute atomic E-state index is 11.5. The summed E-state index contributed by atoms with van der Waals surface area (Å²) < 4.78 is 4.85. The van der Waals surface area contributed by atoms with Crippen LogP contribution in [0.15, 0.2) is 10.7 Å². The molecular weight excluding hydrogens is 214 g/mol. The van der Waals surface area contributed by atoms with Crippen LogP contribution in [-0.2, 0) is 4.79 Å². The fraction of sp³-hybridized carbons (Fsp3) is 0.444. The lowest BCUT2D eigenvalue weighted by Gasteiger charge is -2.16. The number of aromatic nitrogens is 1. The lowest BCUT2D eigenvalue weighted by molar-refractivity contribution is -0.129. The Bertz CT molecular complexity index is 399. The van der Waals surface area contributed by atoms with Gasteiger partial charge in [-0.3, -0.25) is 4.79 Å². The van der Waals surface area contributed by atoms with Crippen LogP contribution in [0.25, 0.3) is 0 Å². The van der Waals surface area contributed by atoms with E-state index in [1.165, 1.54) is 4.90 Å². The van der Waals surface area contributed by atoms with Crippen LogP contribution in [0.4, 0.5) is 6.01 Å². The van der Waals surface area contributed by atoms with Crippen molar-refractivity contribution in [1.82, 2.24) is 9.88 Å². The van der Waals surface area contributed by atoms with E-state index < -0.39 is 12.0 Å². The normalized spacial score (nSPS) is 11.9. The van der Waals surface area contributed by atoms with Crippen molar-refractivity contribution in [2.75, 3.05) is 19.4 Å². The molecule has 1 rings (SSSR count). The van der Waals surface area contributed by atoms with Crippen molar-refractivity contribution in [3.63, 3.8) is 0 Å². The maximum Gasteiger partial charge on any atom is 0.357 e. The van der Waals surface area contributed by atoms with E-state index >= 15 is 0 Å². The number of carbonyl (C=O) groups is 2. The van der Waals surface area contributed by atoms with E-state index in [-0.39, 0.29) is 17.6 Å². The van der Waals surface area contributed by atoms with E-state index in [1.807, 2.05) is 0 Å². The van der Waals surface area contributed by atoms with Crippen molar-refractivity contribution in [3.05, 3.63) is 12.0 Å². The Kier molecular flexibility index (Phi) is 3.49. The van der Waals surface area contributed by atoms with Gasteiger partial charge in [0.15, 0.2) is 5.69 Å². The zero-order valence-corrected chi connectivity index (χ0v) is 9.22. The summed E-state index contributed by atoms with van der Waals surface area (Å²) in [7, 11) is 3.25. The standard InChI is InChI=1S/C9H13N3O4/c1-5(7(13)12(2)3)10-9-11-6(4-16-9)8(14)15/h4-5H,1-3H3,(H,10,11)(H,14,15). The van der Waals surface area contributed by atoms with Crippen molar-refractivity contribution < 1.29 is 19.1 Å². The minimum atomic E-state index is -1.18. The topological polar surface area (TPSA) is 95.7 Å². The largest absolute Gasteiger partial charge is 0.476 e. The highest BCUT2D eigenvalue weighted by Gasteiger charge is 2.17. The molecule has 0 fully saturated rings. The van der Waals surface area contributed by atoms with Crippen LogP contribution in [0.3, 0.4) is 0 Å². The van der Waals surface area contributed by atoms with Gasteiger partial charge >= 0.3 is 5.97 Å². The number of likely N-dealkylation sites (N-methyl/N-ethyl adjacent to an activating group) is 1. The predicted octanol–water partition coefficient (Wildman–Crippen LogP) is 0.261. The molecular formula is C9H13N3O4. The number of carbonyl (C=O) groups excluding carboxylic acids is 1. The molecule has 1 atom stereocenters. The summed E-state index contributed by atoms with van der Waals surface area (Å²) in [5, 5.41) is 11.3. The Hall–Kier alpha value is -2.05. The third kappa shape index (κ3) is 2.72. The summed E-state index contributed by atoms with van der Waals surface area (Å²) in [5.41, 5.74) is -0.202. The Morgan fingerprint density at radius 3 is 2.62 bits per heavy atom. The SMILES string of the molecule is CC(Nc1nc(C(=O)O)co1)C(=O)N(C)C. The molecule has 1 amide bonds. The van der Waals surface area contributed by atoms with Crippen molar-refractivity contribution in [2.24, 2.45) is 0 Å². The molecule has 0 aliphatic rings. The van der Waals surface area contributed by atoms with E-state index in [0.29, 0.717) is 0 Å². The highest BCUT2D eigenvalue weighted by molar-refractivity contribution is 5.86. The van der Waals surface area contributed by atoms with Gasteiger partial charge in [-0.15, -0.1) is 0 Å². The molecule has 0 saturated carbocycles. The molecule has 7 heteroatoms. The fourth-order valence-electron chi connectivity index (χ4n) is 1.07. The number of anilines is 1. The minimum absolute atomic E-state index is 0.0140. The van der Waals surface area contributed by atoms with E-state index in [0.717, 1.165) is 6.26 Å². The Morgan fingerprint density at radius 2 is 2.19 bits per heavy atom. The number of hydrogen-bond acceptors (Lipinski definition) is 5. The molecule has 0 aliphatic carbocycles. The molecule has 2 N–H and O–H groups in total. The number of aromatic carboxylic acids is 1. The van der Waals surface area contributed by atoms with E-state index in [4.69, 9.17) is 9.52 Å². The van der Waals surface area contributed by atoms with Gasteiger partial charge in [-0.25, -0.2) is 4.79 Å². The van der Waals surface area contributed by atoms with Gasteiger partial charge in [-0.1, -0.05) is 0 Å². The molecule has 0 radical (unpaired) electrons. The lowest BCUT2D eigenvalue weighted by Crippen LogP contribution is -2.36. The number of amides is 1. The Balaban J connectivity index is 2.66. The zero-order valence-electron chi connectivity index (χ0n) is 9.22. The molecule has 0 aliphatic heterocycles. The summed E-state index contributed by atoms with van der Waals surface area (Å²) in [6.07, 6.45) is 1.01. The van der Waals surface area contributed by atoms with Crippen LogP contribution in [0.2, 0.25) is 0 Å². The van der Waals surface area contributed by atoms with Crippen molar-refractivity contribution >= 4 is 17.9 Å². The van der Waals surface area contributed by atoms with Gasteiger partial charge in [0.2, 0.25) is 5.91 Å². The van der Waals surface area contributed by atoms with Crippen LogP contribution in [0.1, 0.15) is 17.4 Å². The van der Waals surface area contributed by atoms with Gasteiger partial charge in [-0.05, 0) is 6.92 Å². The summed E-state index contributed by atoms with van der Waals surface area (Å²) >= 11 is 0. The summed E-state index contributed by atoms with van der Waals surface area (Å²) in [6, 6.07) is -0.518. The first-order chi connectivity index (χ1) is 7.41. The van der Waals surface area contributed by atoms with Gasteiger partial charge < -0.3 is 19.7 Å². The highest BCUT2D eigenvalue weighted by atomic mass is 16.4. The number of oxazole rings is 1. The summed E-state index contributed by atoms with van der Waals surface area (Å²) in [5.74, 6) is -1.33. The van der Waals surface area contributed by atoms with Gasteiger partial charge in [0, 0.05) is 14.1 Å². The predicted molar refractivity (Wildman–Crippen MR) is 55.2 cm³/mol. The number of rotatable bonds is 4. The van der Waals surface area contributed by atoms with Gasteiger partial charge in [-0.2, -0.15) is 4.98 Å².